The molecule has 0 aromatic carbocycles. The number of rotatable bonds is 3. The van der Waals surface area contributed by atoms with E-state index >= 15 is 0 Å². The molecular weight excluding hydrogens is 216 g/mol. The first kappa shape index (κ1) is 10.8. The van der Waals surface area contributed by atoms with Gasteiger partial charge in [-0.15, -0.1) is 0 Å². The highest BCUT2D eigenvalue weighted by molar-refractivity contribution is 5.11. The van der Waals surface area contributed by atoms with Crippen molar-refractivity contribution in [1.29, 1.82) is 5.26 Å². The SMILES string of the molecule is Cc1cnn(C2(CC#N)CN(C3COC3)C2)c1. The quantitative estimate of drug-likeness (QED) is 0.762. The Kier molecular flexibility index (Phi) is 2.42. The monoisotopic (exact) mass is 232 g/mol. The van der Waals surface area contributed by atoms with Crippen LogP contribution in [0.1, 0.15) is 12.0 Å². The number of hydrogen-bond donors (Lipinski definition) is 0. The van der Waals surface area contributed by atoms with Crippen LogP contribution in [-0.4, -0.2) is 47.0 Å². The zero-order chi connectivity index (χ0) is 11.9. The van der Waals surface area contributed by atoms with Gasteiger partial charge in [0.1, 0.15) is 5.54 Å². The second kappa shape index (κ2) is 3.83. The smallest absolute Gasteiger partial charge is 0.101 e. The molecule has 2 saturated heterocycles. The van der Waals surface area contributed by atoms with E-state index in [4.69, 9.17) is 10.00 Å². The lowest BCUT2D eigenvalue weighted by molar-refractivity contribution is -0.127. The third-order valence-corrected chi connectivity index (χ3v) is 3.74. The molecule has 3 rings (SSSR count). The molecule has 2 aliphatic rings. The summed E-state index contributed by atoms with van der Waals surface area (Å²) in [6.45, 7) is 5.52. The van der Waals surface area contributed by atoms with Crippen LogP contribution in [0.15, 0.2) is 12.4 Å². The highest BCUT2D eigenvalue weighted by Crippen LogP contribution is 2.34. The number of ether oxygens (including phenoxy) is 1. The summed E-state index contributed by atoms with van der Waals surface area (Å²) in [5.41, 5.74) is 1.03. The molecule has 0 bridgehead atoms. The van der Waals surface area contributed by atoms with Crippen LogP contribution in [0, 0.1) is 18.3 Å². The molecule has 2 fully saturated rings. The number of likely N-dealkylation sites (tertiary alicyclic amines) is 1. The third-order valence-electron chi connectivity index (χ3n) is 3.74. The van der Waals surface area contributed by atoms with Gasteiger partial charge in [0.05, 0.1) is 37.9 Å². The Bertz CT molecular complexity index is 451. The van der Waals surface area contributed by atoms with Crippen LogP contribution < -0.4 is 0 Å². The van der Waals surface area contributed by atoms with Crippen LogP contribution in [0.2, 0.25) is 0 Å². The number of hydrogen-bond acceptors (Lipinski definition) is 4. The van der Waals surface area contributed by atoms with Gasteiger partial charge in [-0.2, -0.15) is 10.4 Å². The van der Waals surface area contributed by atoms with E-state index in [0.29, 0.717) is 12.5 Å². The van der Waals surface area contributed by atoms with Gasteiger partial charge in [-0.25, -0.2) is 0 Å². The van der Waals surface area contributed by atoms with Crippen molar-refractivity contribution in [2.24, 2.45) is 0 Å². The maximum absolute atomic E-state index is 9.00. The zero-order valence-electron chi connectivity index (χ0n) is 9.96. The molecule has 0 saturated carbocycles. The van der Waals surface area contributed by atoms with E-state index in [2.05, 4.69) is 16.1 Å². The predicted molar refractivity (Wildman–Crippen MR) is 61.3 cm³/mol. The normalized spacial score (nSPS) is 23.8. The molecule has 17 heavy (non-hydrogen) atoms. The molecule has 2 aliphatic heterocycles. The lowest BCUT2D eigenvalue weighted by Gasteiger charge is -2.54. The highest BCUT2D eigenvalue weighted by atomic mass is 16.5. The first-order valence-electron chi connectivity index (χ1n) is 5.94. The first-order valence-corrected chi connectivity index (χ1v) is 5.94. The fourth-order valence-corrected chi connectivity index (χ4v) is 2.56. The van der Waals surface area contributed by atoms with E-state index in [9.17, 15) is 0 Å². The summed E-state index contributed by atoms with van der Waals surface area (Å²) in [6, 6.07) is 2.85. The highest BCUT2D eigenvalue weighted by Gasteiger charge is 2.48. The van der Waals surface area contributed by atoms with Crippen LogP contribution >= 0.6 is 0 Å². The van der Waals surface area contributed by atoms with Crippen molar-refractivity contribution in [1.82, 2.24) is 14.7 Å². The van der Waals surface area contributed by atoms with Crippen molar-refractivity contribution >= 4 is 0 Å². The molecule has 0 spiro atoms. The van der Waals surface area contributed by atoms with Crippen LogP contribution in [0.25, 0.3) is 0 Å². The molecule has 0 radical (unpaired) electrons. The van der Waals surface area contributed by atoms with Crippen molar-refractivity contribution < 1.29 is 4.74 Å². The average molecular weight is 232 g/mol. The Morgan fingerprint density at radius 1 is 1.59 bits per heavy atom. The van der Waals surface area contributed by atoms with Crippen molar-refractivity contribution in [2.45, 2.75) is 24.9 Å². The fraction of sp³-hybridized carbons (Fsp3) is 0.667. The van der Waals surface area contributed by atoms with E-state index in [1.54, 1.807) is 0 Å². The summed E-state index contributed by atoms with van der Waals surface area (Å²) in [4.78, 5) is 2.39. The Balaban J connectivity index is 1.75. The summed E-state index contributed by atoms with van der Waals surface area (Å²) < 4.78 is 7.17. The lowest BCUT2D eigenvalue weighted by Crippen LogP contribution is -2.68. The van der Waals surface area contributed by atoms with Crippen LogP contribution in [0.4, 0.5) is 0 Å². The van der Waals surface area contributed by atoms with E-state index in [1.165, 1.54) is 0 Å². The van der Waals surface area contributed by atoms with Crippen molar-refractivity contribution in [3.63, 3.8) is 0 Å². The Hall–Kier alpha value is -1.38. The molecule has 1 aromatic rings. The molecule has 3 heterocycles. The summed E-state index contributed by atoms with van der Waals surface area (Å²) >= 11 is 0. The molecule has 90 valence electrons. The van der Waals surface area contributed by atoms with Gasteiger partial charge in [0, 0.05) is 19.3 Å². The minimum absolute atomic E-state index is 0.112. The van der Waals surface area contributed by atoms with Gasteiger partial charge in [-0.1, -0.05) is 0 Å². The number of aryl methyl sites for hydroxylation is 1. The minimum Gasteiger partial charge on any atom is -0.378 e. The third kappa shape index (κ3) is 1.65. The van der Waals surface area contributed by atoms with Gasteiger partial charge in [0.25, 0.3) is 0 Å². The molecule has 5 heteroatoms. The number of nitrogens with zero attached hydrogens (tertiary/aromatic N) is 4. The van der Waals surface area contributed by atoms with Gasteiger partial charge in [-0.3, -0.25) is 9.58 Å². The van der Waals surface area contributed by atoms with E-state index < -0.39 is 0 Å². The molecule has 5 nitrogen and oxygen atoms in total. The Morgan fingerprint density at radius 2 is 2.35 bits per heavy atom. The molecule has 0 amide bonds. The van der Waals surface area contributed by atoms with Crippen molar-refractivity contribution in [2.75, 3.05) is 26.3 Å². The summed E-state index contributed by atoms with van der Waals surface area (Å²) in [7, 11) is 0. The maximum atomic E-state index is 9.00. The Labute approximate surface area is 101 Å². The average Bonchev–Trinajstić information content (AvgIpc) is 2.58. The van der Waals surface area contributed by atoms with Crippen LogP contribution in [-0.2, 0) is 10.3 Å². The van der Waals surface area contributed by atoms with E-state index in [0.717, 1.165) is 31.9 Å². The number of nitriles is 1. The van der Waals surface area contributed by atoms with E-state index in [-0.39, 0.29) is 5.54 Å². The minimum atomic E-state index is -0.112. The second-order valence-electron chi connectivity index (χ2n) is 5.12. The van der Waals surface area contributed by atoms with Crippen molar-refractivity contribution in [3.8, 4) is 6.07 Å². The largest absolute Gasteiger partial charge is 0.378 e. The Morgan fingerprint density at radius 3 is 2.82 bits per heavy atom. The van der Waals surface area contributed by atoms with Crippen LogP contribution in [0.3, 0.4) is 0 Å². The molecule has 1 aromatic heterocycles. The summed E-state index contributed by atoms with van der Waals surface area (Å²) in [6.07, 6.45) is 4.42. The fourth-order valence-electron chi connectivity index (χ4n) is 2.56. The molecular formula is C12H16N4O. The first-order chi connectivity index (χ1) is 8.23. The molecule has 0 N–H and O–H groups in total. The summed E-state index contributed by atoms with van der Waals surface area (Å²) in [5.74, 6) is 0. The van der Waals surface area contributed by atoms with Gasteiger partial charge < -0.3 is 4.74 Å². The maximum Gasteiger partial charge on any atom is 0.101 e. The molecule has 0 atom stereocenters. The second-order valence-corrected chi connectivity index (χ2v) is 5.12. The summed E-state index contributed by atoms with van der Waals surface area (Å²) in [5, 5.41) is 13.4. The zero-order valence-corrected chi connectivity index (χ0v) is 9.96. The van der Waals surface area contributed by atoms with Gasteiger partial charge in [-0.05, 0) is 12.5 Å². The molecule has 0 aliphatic carbocycles. The van der Waals surface area contributed by atoms with Crippen molar-refractivity contribution in [3.05, 3.63) is 18.0 Å². The predicted octanol–water partition coefficient (Wildman–Crippen LogP) is 0.515. The van der Waals surface area contributed by atoms with E-state index in [1.807, 2.05) is 24.0 Å². The van der Waals surface area contributed by atoms with Gasteiger partial charge in [0.15, 0.2) is 0 Å². The number of aromatic nitrogens is 2. The van der Waals surface area contributed by atoms with Gasteiger partial charge in [0.2, 0.25) is 0 Å². The lowest BCUT2D eigenvalue weighted by atomic mass is 9.85. The molecule has 0 unspecified atom stereocenters. The topological polar surface area (TPSA) is 54.1 Å². The van der Waals surface area contributed by atoms with Crippen LogP contribution in [0.5, 0.6) is 0 Å². The van der Waals surface area contributed by atoms with Gasteiger partial charge >= 0.3 is 0 Å². The standard InChI is InChI=1S/C12H16N4O/c1-10-4-14-16(5-10)12(2-3-13)8-15(9-12)11-6-17-7-11/h4-5,11H,2,6-9H2,1H3.